The standard InChI is InChI=1S/C16H22N2O2/c19-16(15-2-1-9-20-15)18-7-5-17(6-8-18)14-11-12-3-4-13(14)10-12/h1-2,9,12-14H,3-8,10-11H2/t12-,13-,14+/m1/s1. The molecule has 1 aromatic heterocycles. The van der Waals surface area contributed by atoms with E-state index in [0.29, 0.717) is 5.76 Å². The molecule has 108 valence electrons. The Balaban J connectivity index is 1.35. The second-order valence-electron chi connectivity index (χ2n) is 6.55. The third-order valence-corrected chi connectivity index (χ3v) is 5.50. The summed E-state index contributed by atoms with van der Waals surface area (Å²) < 4.78 is 5.21. The minimum Gasteiger partial charge on any atom is -0.459 e. The van der Waals surface area contributed by atoms with Crippen molar-refractivity contribution in [2.45, 2.75) is 31.7 Å². The summed E-state index contributed by atoms with van der Waals surface area (Å²) in [4.78, 5) is 16.8. The number of fused-ring (bicyclic) bond motifs is 2. The molecular formula is C16H22N2O2. The van der Waals surface area contributed by atoms with E-state index in [1.807, 2.05) is 4.90 Å². The first-order valence-corrected chi connectivity index (χ1v) is 7.88. The zero-order valence-electron chi connectivity index (χ0n) is 11.8. The predicted molar refractivity (Wildman–Crippen MR) is 75.4 cm³/mol. The lowest BCUT2D eigenvalue weighted by molar-refractivity contribution is 0.0471. The highest BCUT2D eigenvalue weighted by atomic mass is 16.3. The van der Waals surface area contributed by atoms with Crippen LogP contribution in [0.1, 0.15) is 36.2 Å². The quantitative estimate of drug-likeness (QED) is 0.830. The van der Waals surface area contributed by atoms with Gasteiger partial charge in [0.15, 0.2) is 5.76 Å². The van der Waals surface area contributed by atoms with Crippen molar-refractivity contribution in [1.82, 2.24) is 9.80 Å². The van der Waals surface area contributed by atoms with Crippen molar-refractivity contribution in [1.29, 1.82) is 0 Å². The molecule has 4 heteroatoms. The zero-order valence-corrected chi connectivity index (χ0v) is 11.8. The van der Waals surface area contributed by atoms with Gasteiger partial charge in [0.25, 0.3) is 5.91 Å². The highest BCUT2D eigenvalue weighted by molar-refractivity contribution is 5.91. The van der Waals surface area contributed by atoms with Crippen LogP contribution in [-0.2, 0) is 0 Å². The van der Waals surface area contributed by atoms with E-state index in [9.17, 15) is 4.79 Å². The summed E-state index contributed by atoms with van der Waals surface area (Å²) in [6.07, 6.45) is 7.31. The predicted octanol–water partition coefficient (Wildman–Crippen LogP) is 2.23. The van der Waals surface area contributed by atoms with Gasteiger partial charge in [0.1, 0.15) is 0 Å². The molecule has 0 radical (unpaired) electrons. The molecule has 2 aliphatic carbocycles. The Morgan fingerprint density at radius 2 is 2.00 bits per heavy atom. The van der Waals surface area contributed by atoms with Crippen LogP contribution >= 0.6 is 0 Å². The van der Waals surface area contributed by atoms with Crippen LogP contribution in [0.3, 0.4) is 0 Å². The van der Waals surface area contributed by atoms with Crippen molar-refractivity contribution in [3.63, 3.8) is 0 Å². The molecule has 0 aromatic carbocycles. The maximum atomic E-state index is 12.2. The lowest BCUT2D eigenvalue weighted by Crippen LogP contribution is -2.53. The molecule has 2 saturated carbocycles. The van der Waals surface area contributed by atoms with E-state index in [1.165, 1.54) is 25.7 Å². The third kappa shape index (κ3) is 2.06. The van der Waals surface area contributed by atoms with Crippen molar-refractivity contribution in [2.75, 3.05) is 26.2 Å². The molecule has 0 spiro atoms. The van der Waals surface area contributed by atoms with E-state index in [-0.39, 0.29) is 5.91 Å². The summed E-state index contributed by atoms with van der Waals surface area (Å²) in [7, 11) is 0. The second kappa shape index (κ2) is 4.92. The molecule has 4 nitrogen and oxygen atoms in total. The Bertz CT molecular complexity index is 477. The average Bonchev–Trinajstić information content (AvgIpc) is 3.23. The maximum absolute atomic E-state index is 12.2. The molecule has 0 N–H and O–H groups in total. The number of hydrogen-bond acceptors (Lipinski definition) is 3. The molecular weight excluding hydrogens is 252 g/mol. The summed E-state index contributed by atoms with van der Waals surface area (Å²) in [5.74, 6) is 2.45. The molecule has 1 amide bonds. The van der Waals surface area contributed by atoms with Crippen molar-refractivity contribution in [2.24, 2.45) is 11.8 Å². The first kappa shape index (κ1) is 12.5. The van der Waals surface area contributed by atoms with Gasteiger partial charge in [-0.2, -0.15) is 0 Å². The lowest BCUT2D eigenvalue weighted by atomic mass is 9.93. The minimum atomic E-state index is 0.0441. The Kier molecular flexibility index (Phi) is 3.06. The van der Waals surface area contributed by atoms with Gasteiger partial charge in [-0.3, -0.25) is 9.69 Å². The Hall–Kier alpha value is -1.29. The van der Waals surface area contributed by atoms with Crippen molar-refractivity contribution < 1.29 is 9.21 Å². The van der Waals surface area contributed by atoms with Gasteiger partial charge in [-0.25, -0.2) is 0 Å². The van der Waals surface area contributed by atoms with Crippen molar-refractivity contribution >= 4 is 5.91 Å². The fourth-order valence-electron chi connectivity index (χ4n) is 4.47. The largest absolute Gasteiger partial charge is 0.459 e. The van der Waals surface area contributed by atoms with Gasteiger partial charge in [0, 0.05) is 32.2 Å². The fourth-order valence-corrected chi connectivity index (χ4v) is 4.47. The zero-order chi connectivity index (χ0) is 13.5. The van der Waals surface area contributed by atoms with Gasteiger partial charge >= 0.3 is 0 Å². The molecule has 20 heavy (non-hydrogen) atoms. The van der Waals surface area contributed by atoms with E-state index in [2.05, 4.69) is 4.90 Å². The maximum Gasteiger partial charge on any atom is 0.289 e. The number of rotatable bonds is 2. The number of piperazine rings is 1. The van der Waals surface area contributed by atoms with E-state index < -0.39 is 0 Å². The number of nitrogens with zero attached hydrogens (tertiary/aromatic N) is 2. The molecule has 3 atom stereocenters. The van der Waals surface area contributed by atoms with Crippen LogP contribution in [0.25, 0.3) is 0 Å². The molecule has 1 aromatic rings. The smallest absolute Gasteiger partial charge is 0.289 e. The van der Waals surface area contributed by atoms with Crippen LogP contribution in [0.4, 0.5) is 0 Å². The van der Waals surface area contributed by atoms with Crippen LogP contribution in [0, 0.1) is 11.8 Å². The van der Waals surface area contributed by atoms with E-state index >= 15 is 0 Å². The molecule has 3 aliphatic rings. The highest BCUT2D eigenvalue weighted by Crippen LogP contribution is 2.46. The average molecular weight is 274 g/mol. The first-order valence-electron chi connectivity index (χ1n) is 7.88. The topological polar surface area (TPSA) is 36.7 Å². The van der Waals surface area contributed by atoms with Crippen LogP contribution in [0.15, 0.2) is 22.8 Å². The van der Waals surface area contributed by atoms with Crippen molar-refractivity contribution in [3.8, 4) is 0 Å². The van der Waals surface area contributed by atoms with E-state index in [4.69, 9.17) is 4.42 Å². The number of carbonyl (C=O) groups is 1. The Labute approximate surface area is 119 Å². The molecule has 1 saturated heterocycles. The summed E-state index contributed by atoms with van der Waals surface area (Å²) in [5, 5.41) is 0. The molecule has 2 bridgehead atoms. The van der Waals surface area contributed by atoms with E-state index in [1.54, 1.807) is 18.4 Å². The lowest BCUT2D eigenvalue weighted by Gasteiger charge is -2.40. The van der Waals surface area contributed by atoms with Crippen LogP contribution < -0.4 is 0 Å². The summed E-state index contributed by atoms with van der Waals surface area (Å²) >= 11 is 0. The molecule has 4 rings (SSSR count). The molecule has 1 aliphatic heterocycles. The van der Waals surface area contributed by atoms with Crippen molar-refractivity contribution in [3.05, 3.63) is 24.2 Å². The number of carbonyl (C=O) groups excluding carboxylic acids is 1. The highest BCUT2D eigenvalue weighted by Gasteiger charge is 2.43. The van der Waals surface area contributed by atoms with Crippen LogP contribution in [0.2, 0.25) is 0 Å². The first-order chi connectivity index (χ1) is 9.81. The van der Waals surface area contributed by atoms with Gasteiger partial charge in [0.2, 0.25) is 0 Å². The van der Waals surface area contributed by atoms with Gasteiger partial charge in [-0.1, -0.05) is 6.42 Å². The minimum absolute atomic E-state index is 0.0441. The van der Waals surface area contributed by atoms with Crippen LogP contribution in [0.5, 0.6) is 0 Å². The summed E-state index contributed by atoms with van der Waals surface area (Å²) in [5.41, 5.74) is 0. The van der Waals surface area contributed by atoms with Gasteiger partial charge in [-0.05, 0) is 43.2 Å². The van der Waals surface area contributed by atoms with Crippen LogP contribution in [-0.4, -0.2) is 47.9 Å². The third-order valence-electron chi connectivity index (χ3n) is 5.50. The van der Waals surface area contributed by atoms with E-state index in [0.717, 1.165) is 44.1 Å². The van der Waals surface area contributed by atoms with Gasteiger partial charge in [0.05, 0.1) is 6.26 Å². The summed E-state index contributed by atoms with van der Waals surface area (Å²) in [6, 6.07) is 4.33. The number of amides is 1. The van der Waals surface area contributed by atoms with Gasteiger partial charge < -0.3 is 9.32 Å². The molecule has 3 fully saturated rings. The Morgan fingerprint density at radius 3 is 2.60 bits per heavy atom. The summed E-state index contributed by atoms with van der Waals surface area (Å²) in [6.45, 7) is 3.74. The number of furan rings is 1. The second-order valence-corrected chi connectivity index (χ2v) is 6.55. The monoisotopic (exact) mass is 274 g/mol. The SMILES string of the molecule is O=C(c1ccco1)N1CCN([C@H]2C[C@@H]3CC[C@@H]2C3)CC1. The molecule has 2 heterocycles. The number of hydrogen-bond donors (Lipinski definition) is 0. The van der Waals surface area contributed by atoms with Gasteiger partial charge in [-0.15, -0.1) is 0 Å². The Morgan fingerprint density at radius 1 is 1.15 bits per heavy atom. The normalized spacial score (nSPS) is 33.8. The molecule has 0 unspecified atom stereocenters. The fraction of sp³-hybridized carbons (Fsp3) is 0.688.